The average Bonchev–Trinajstić information content (AvgIpc) is 2.66. The van der Waals surface area contributed by atoms with Crippen molar-refractivity contribution in [2.45, 2.75) is 45.6 Å². The molecule has 2 aromatic carbocycles. The predicted octanol–water partition coefficient (Wildman–Crippen LogP) is 4.22. The number of carbonyl (C=O) groups is 1. The van der Waals surface area contributed by atoms with Gasteiger partial charge in [-0.1, -0.05) is 55.4 Å². The highest BCUT2D eigenvalue weighted by molar-refractivity contribution is 6.33. The van der Waals surface area contributed by atoms with Gasteiger partial charge in [0.25, 0.3) is 0 Å². The van der Waals surface area contributed by atoms with Crippen LogP contribution in [0.15, 0.2) is 54.6 Å². The Bertz CT molecular complexity index is 663. The largest absolute Gasteiger partial charge is 0.491 e. The van der Waals surface area contributed by atoms with Crippen molar-refractivity contribution >= 4 is 13.4 Å². The molecule has 1 amide bonds. The van der Waals surface area contributed by atoms with Crippen molar-refractivity contribution in [3.8, 4) is 5.75 Å². The summed E-state index contributed by atoms with van der Waals surface area (Å²) < 4.78 is 11.2. The summed E-state index contributed by atoms with van der Waals surface area (Å²) in [5.74, 6) is 0.945. The molecule has 2 aromatic rings. The molecule has 4 nitrogen and oxygen atoms in total. The zero-order valence-electron chi connectivity index (χ0n) is 15.7. The van der Waals surface area contributed by atoms with E-state index < -0.39 is 0 Å². The second-order valence-corrected chi connectivity index (χ2v) is 6.42. The number of aryl methyl sites for hydroxylation is 1. The lowest BCUT2D eigenvalue weighted by Crippen LogP contribution is -2.25. The Morgan fingerprint density at radius 2 is 1.85 bits per heavy atom. The van der Waals surface area contributed by atoms with Crippen molar-refractivity contribution in [1.82, 2.24) is 5.32 Å². The third kappa shape index (κ3) is 7.22. The lowest BCUT2D eigenvalue weighted by molar-refractivity contribution is 0.139. The summed E-state index contributed by atoms with van der Waals surface area (Å²) in [6, 6.07) is 17.8. The molecule has 0 aliphatic heterocycles. The van der Waals surface area contributed by atoms with Crippen LogP contribution in [0.3, 0.4) is 0 Å². The van der Waals surface area contributed by atoms with Crippen LogP contribution in [0, 0.1) is 0 Å². The van der Waals surface area contributed by atoms with Crippen LogP contribution in [-0.2, 0) is 17.8 Å². The molecule has 0 aromatic heterocycles. The number of hydrogen-bond donors (Lipinski definition) is 1. The summed E-state index contributed by atoms with van der Waals surface area (Å²) in [5.41, 5.74) is 2.16. The van der Waals surface area contributed by atoms with Crippen molar-refractivity contribution in [3.05, 3.63) is 65.7 Å². The van der Waals surface area contributed by atoms with Gasteiger partial charge in [-0.3, -0.25) is 0 Å². The van der Waals surface area contributed by atoms with Gasteiger partial charge in [-0.05, 0) is 43.3 Å². The molecule has 1 atom stereocenters. The van der Waals surface area contributed by atoms with Crippen LogP contribution in [0.1, 0.15) is 24.5 Å². The van der Waals surface area contributed by atoms with E-state index in [1.807, 2.05) is 48.5 Å². The minimum Gasteiger partial charge on any atom is -0.491 e. The zero-order valence-corrected chi connectivity index (χ0v) is 15.7. The Kier molecular flexibility index (Phi) is 8.60. The Morgan fingerprint density at radius 3 is 2.62 bits per heavy atom. The molecular weight excluding hydrogens is 325 g/mol. The molecule has 0 bridgehead atoms. The molecule has 0 fully saturated rings. The summed E-state index contributed by atoms with van der Waals surface area (Å²) in [5, 5.41) is 2.80. The van der Waals surface area contributed by atoms with Gasteiger partial charge in [0.2, 0.25) is 0 Å². The van der Waals surface area contributed by atoms with Crippen molar-refractivity contribution < 1.29 is 14.3 Å². The van der Waals surface area contributed by atoms with Crippen LogP contribution in [0.5, 0.6) is 5.75 Å². The first-order chi connectivity index (χ1) is 12.7. The van der Waals surface area contributed by atoms with E-state index in [-0.39, 0.29) is 12.2 Å². The minimum atomic E-state index is -0.380. The first kappa shape index (κ1) is 19.9. The second-order valence-electron chi connectivity index (χ2n) is 6.42. The number of ether oxygens (including phenoxy) is 2. The second kappa shape index (κ2) is 11.2. The SMILES string of the molecule is CBC[C@@H](C)Oc1ccccc1CCCNC(=O)OCc1ccccc1. The normalized spacial score (nSPS) is 11.5. The van der Waals surface area contributed by atoms with Crippen LogP contribution >= 0.6 is 0 Å². The van der Waals surface area contributed by atoms with E-state index >= 15 is 0 Å². The van der Waals surface area contributed by atoms with Crippen LogP contribution in [0.4, 0.5) is 4.79 Å². The fourth-order valence-corrected chi connectivity index (χ4v) is 2.75. The smallest absolute Gasteiger partial charge is 0.407 e. The number of nitrogens with one attached hydrogen (secondary N) is 1. The van der Waals surface area contributed by atoms with Crippen molar-refractivity contribution in [3.63, 3.8) is 0 Å². The standard InChI is InChI=1S/C21H28BNO3/c1-17(15-22-2)26-20-13-7-6-11-19(20)12-8-14-23-21(24)25-16-18-9-4-3-5-10-18/h3-7,9-11,13,17,22H,8,12,14-16H2,1-2H3,(H,23,24)/t17-/m1/s1. The van der Waals surface area contributed by atoms with E-state index in [1.54, 1.807) is 0 Å². The van der Waals surface area contributed by atoms with Gasteiger partial charge in [-0.15, -0.1) is 0 Å². The zero-order chi connectivity index (χ0) is 18.6. The lowest BCUT2D eigenvalue weighted by Gasteiger charge is -2.17. The number of rotatable bonds is 10. The summed E-state index contributed by atoms with van der Waals surface area (Å²) in [4.78, 5) is 11.8. The highest BCUT2D eigenvalue weighted by Crippen LogP contribution is 2.21. The van der Waals surface area contributed by atoms with Gasteiger partial charge in [0, 0.05) is 6.54 Å². The maximum atomic E-state index is 11.8. The van der Waals surface area contributed by atoms with Gasteiger partial charge in [-0.25, -0.2) is 4.79 Å². The van der Waals surface area contributed by atoms with Crippen LogP contribution < -0.4 is 10.1 Å². The maximum absolute atomic E-state index is 11.8. The van der Waals surface area contributed by atoms with Gasteiger partial charge >= 0.3 is 6.09 Å². The molecular formula is C21H28BNO3. The number of para-hydroxylation sites is 1. The number of benzene rings is 2. The summed E-state index contributed by atoms with van der Waals surface area (Å²) in [6.07, 6.45) is 2.57. The Morgan fingerprint density at radius 1 is 1.12 bits per heavy atom. The lowest BCUT2D eigenvalue weighted by atomic mass is 9.76. The molecule has 0 aliphatic rings. The van der Waals surface area contributed by atoms with Gasteiger partial charge < -0.3 is 14.8 Å². The Hall–Kier alpha value is -2.43. The first-order valence-electron chi connectivity index (χ1n) is 9.38. The molecule has 138 valence electrons. The topological polar surface area (TPSA) is 47.6 Å². The van der Waals surface area contributed by atoms with E-state index in [4.69, 9.17) is 9.47 Å². The van der Waals surface area contributed by atoms with Crippen LogP contribution in [-0.4, -0.2) is 26.0 Å². The molecule has 5 heteroatoms. The van der Waals surface area contributed by atoms with Crippen LogP contribution in [0.25, 0.3) is 0 Å². The van der Waals surface area contributed by atoms with E-state index in [0.29, 0.717) is 13.2 Å². The number of alkyl carbamates (subject to hydrolysis) is 1. The van der Waals surface area contributed by atoms with E-state index in [0.717, 1.165) is 37.8 Å². The van der Waals surface area contributed by atoms with Gasteiger partial charge in [0.05, 0.1) is 6.10 Å². The molecule has 0 saturated carbocycles. The Balaban J connectivity index is 1.70. The van der Waals surface area contributed by atoms with Gasteiger partial charge in [0.1, 0.15) is 19.6 Å². The van der Waals surface area contributed by atoms with E-state index in [2.05, 4.69) is 25.1 Å². The number of carbonyl (C=O) groups excluding carboxylic acids is 1. The summed E-state index contributed by atoms with van der Waals surface area (Å²) in [6.45, 7) is 5.13. The molecule has 0 unspecified atom stereocenters. The predicted molar refractivity (Wildman–Crippen MR) is 107 cm³/mol. The van der Waals surface area contributed by atoms with Crippen LogP contribution in [0.2, 0.25) is 13.1 Å². The van der Waals surface area contributed by atoms with Gasteiger partial charge in [-0.2, -0.15) is 0 Å². The molecule has 0 saturated heterocycles. The molecule has 0 spiro atoms. The molecule has 26 heavy (non-hydrogen) atoms. The first-order valence-corrected chi connectivity index (χ1v) is 9.38. The average molecular weight is 353 g/mol. The van der Waals surface area contributed by atoms with E-state index in [1.165, 1.54) is 5.56 Å². The molecule has 0 heterocycles. The molecule has 0 radical (unpaired) electrons. The monoisotopic (exact) mass is 353 g/mol. The number of amides is 1. The quantitative estimate of drug-likeness (QED) is 0.514. The molecule has 2 rings (SSSR count). The molecule has 0 aliphatic carbocycles. The van der Waals surface area contributed by atoms with Gasteiger partial charge in [0.15, 0.2) is 0 Å². The minimum absolute atomic E-state index is 0.215. The fourth-order valence-electron chi connectivity index (χ4n) is 2.75. The van der Waals surface area contributed by atoms with Crippen molar-refractivity contribution in [2.75, 3.05) is 6.54 Å². The maximum Gasteiger partial charge on any atom is 0.407 e. The Labute approximate surface area is 157 Å². The third-order valence-corrected chi connectivity index (χ3v) is 4.10. The molecule has 1 N–H and O–H groups in total. The van der Waals surface area contributed by atoms with Crippen molar-refractivity contribution in [1.29, 1.82) is 0 Å². The van der Waals surface area contributed by atoms with Crippen molar-refractivity contribution in [2.24, 2.45) is 0 Å². The highest BCUT2D eigenvalue weighted by atomic mass is 16.5. The number of hydrogen-bond acceptors (Lipinski definition) is 3. The van der Waals surface area contributed by atoms with E-state index in [9.17, 15) is 4.79 Å². The summed E-state index contributed by atoms with van der Waals surface area (Å²) >= 11 is 0. The highest BCUT2D eigenvalue weighted by Gasteiger charge is 2.08. The summed E-state index contributed by atoms with van der Waals surface area (Å²) in [7, 11) is 1.11. The third-order valence-electron chi connectivity index (χ3n) is 4.10. The fraction of sp³-hybridized carbons (Fsp3) is 0.381.